The lowest BCUT2D eigenvalue weighted by atomic mass is 9.81. The van der Waals surface area contributed by atoms with Crippen LogP contribution in [-0.4, -0.2) is 144 Å². The topological polar surface area (TPSA) is 221 Å². The van der Waals surface area contributed by atoms with E-state index < -0.39 is 97.7 Å². The van der Waals surface area contributed by atoms with Gasteiger partial charge in [0.1, 0.15) is 24.0 Å². The number of methoxy groups -OCH3 is 3. The highest BCUT2D eigenvalue weighted by Gasteiger charge is 2.57. The van der Waals surface area contributed by atoms with Crippen molar-refractivity contribution in [2.24, 2.45) is 29.6 Å². The van der Waals surface area contributed by atoms with Gasteiger partial charge in [-0.25, -0.2) is 14.0 Å². The molecule has 2 bridgehead atoms. The molecular formula is C52H86N3O14P. The third-order valence-corrected chi connectivity index (χ3v) is 17.5. The first-order valence-electron chi connectivity index (χ1n) is 25.7. The molecule has 0 radical (unpaired) electrons. The van der Waals surface area contributed by atoms with Crippen LogP contribution >= 0.6 is 7.75 Å². The number of carbonyl (C=O) groups excluding carboxylic acids is 4. The zero-order valence-electron chi connectivity index (χ0n) is 44.3. The number of amides is 1. The van der Waals surface area contributed by atoms with E-state index in [1.807, 2.05) is 66.7 Å². The van der Waals surface area contributed by atoms with Crippen LogP contribution in [-0.2, 0) is 56.5 Å². The van der Waals surface area contributed by atoms with Crippen LogP contribution in [0, 0.1) is 40.9 Å². The number of piperidine rings is 1. The third-order valence-electron chi connectivity index (χ3n) is 14.9. The van der Waals surface area contributed by atoms with E-state index in [0.717, 1.165) is 5.57 Å². The average Bonchev–Trinajstić information content (AvgIpc) is 3.31. The first-order valence-corrected chi connectivity index (χ1v) is 27.2. The Kier molecular flexibility index (Phi) is 22.9. The molecule has 398 valence electrons. The van der Waals surface area contributed by atoms with Crippen LogP contribution in [0.3, 0.4) is 0 Å². The molecule has 1 amide bonds. The molecule has 2 unspecified atom stereocenters. The van der Waals surface area contributed by atoms with Gasteiger partial charge >= 0.3 is 13.7 Å². The van der Waals surface area contributed by atoms with Crippen molar-refractivity contribution >= 4 is 31.2 Å². The molecule has 15 atom stereocenters. The van der Waals surface area contributed by atoms with E-state index in [1.165, 1.54) is 19.1 Å². The molecule has 17 nitrogen and oxygen atoms in total. The van der Waals surface area contributed by atoms with Crippen molar-refractivity contribution in [3.63, 3.8) is 0 Å². The number of nitriles is 1. The van der Waals surface area contributed by atoms with E-state index in [4.69, 9.17) is 32.7 Å². The summed E-state index contributed by atoms with van der Waals surface area (Å²) in [6.45, 7) is 18.7. The van der Waals surface area contributed by atoms with Crippen LogP contribution in [0.25, 0.3) is 0 Å². The summed E-state index contributed by atoms with van der Waals surface area (Å²) >= 11 is 0. The molecule has 4 aliphatic rings. The summed E-state index contributed by atoms with van der Waals surface area (Å²) in [6.07, 6.45) is 2.68. The third kappa shape index (κ3) is 14.7. The number of aliphatic hydroxyl groups is 2. The number of hydrogen-bond donors (Lipinski definition) is 2. The van der Waals surface area contributed by atoms with Gasteiger partial charge in [-0.2, -0.15) is 5.26 Å². The minimum absolute atomic E-state index is 0.00458. The van der Waals surface area contributed by atoms with Gasteiger partial charge in [-0.15, -0.1) is 0 Å². The maximum atomic E-state index is 14.6. The van der Waals surface area contributed by atoms with E-state index in [-0.39, 0.29) is 68.5 Å². The molecular weight excluding hydrogens is 922 g/mol. The number of rotatable bonds is 14. The van der Waals surface area contributed by atoms with Gasteiger partial charge in [0.05, 0.1) is 49.6 Å². The molecule has 0 spiro atoms. The minimum atomic E-state index is -3.89. The highest BCUT2D eigenvalue weighted by molar-refractivity contribution is 7.51. The summed E-state index contributed by atoms with van der Waals surface area (Å²) in [6, 6.07) is 0.457. The lowest BCUT2D eigenvalue weighted by molar-refractivity contribution is -0.302. The zero-order valence-corrected chi connectivity index (χ0v) is 45.2. The van der Waals surface area contributed by atoms with Crippen molar-refractivity contribution in [2.45, 2.75) is 213 Å². The molecule has 70 heavy (non-hydrogen) atoms. The normalized spacial score (nSPS) is 36.7. The van der Waals surface area contributed by atoms with Gasteiger partial charge in [-0.3, -0.25) is 23.4 Å². The first-order chi connectivity index (χ1) is 33.0. The molecule has 18 heteroatoms. The molecule has 1 aliphatic carbocycles. The quantitative estimate of drug-likeness (QED) is 0.0561. The van der Waals surface area contributed by atoms with Gasteiger partial charge < -0.3 is 38.8 Å². The number of ketones is 2. The molecule has 1 saturated carbocycles. The fourth-order valence-electron chi connectivity index (χ4n) is 11.2. The van der Waals surface area contributed by atoms with Crippen LogP contribution in [0.1, 0.15) is 146 Å². The van der Waals surface area contributed by atoms with Crippen molar-refractivity contribution in [1.82, 2.24) is 9.57 Å². The number of aliphatic hydroxyl groups excluding tert-OH is 1. The van der Waals surface area contributed by atoms with Gasteiger partial charge in [-0.1, -0.05) is 45.4 Å². The molecule has 2 N–H and O–H groups in total. The number of cyclic esters (lactones) is 1. The van der Waals surface area contributed by atoms with Crippen molar-refractivity contribution in [3.05, 3.63) is 23.3 Å². The van der Waals surface area contributed by atoms with E-state index >= 15 is 0 Å². The first kappa shape index (κ1) is 59.7. The summed E-state index contributed by atoms with van der Waals surface area (Å²) in [7, 11) is 0.716. The van der Waals surface area contributed by atoms with Gasteiger partial charge in [0.25, 0.3) is 11.7 Å². The number of allylic oxidation sites excluding steroid dienone is 3. The molecule has 0 aromatic rings. The molecule has 2 saturated heterocycles. The minimum Gasteiger partial charge on any atom is -0.456 e. The van der Waals surface area contributed by atoms with E-state index in [0.29, 0.717) is 56.9 Å². The molecule has 0 aromatic carbocycles. The lowest BCUT2D eigenvalue weighted by Gasteiger charge is -2.47. The molecule has 0 aromatic heterocycles. The summed E-state index contributed by atoms with van der Waals surface area (Å²) in [5.41, 5.74) is 1.57. The summed E-state index contributed by atoms with van der Waals surface area (Å²) in [5, 5.41) is 33.3. The monoisotopic (exact) mass is 1010 g/mol. The Balaban J connectivity index is 1.73. The molecule has 3 heterocycles. The molecule has 4 rings (SSSR count). The molecule has 3 fully saturated rings. The smallest absolute Gasteiger partial charge is 0.409 e. The van der Waals surface area contributed by atoms with E-state index in [1.54, 1.807) is 32.6 Å². The summed E-state index contributed by atoms with van der Waals surface area (Å²) in [4.78, 5) is 58.7. The second-order valence-electron chi connectivity index (χ2n) is 21.0. The summed E-state index contributed by atoms with van der Waals surface area (Å²) < 4.78 is 59.0. The maximum absolute atomic E-state index is 14.6. The maximum Gasteiger partial charge on any atom is 0.409 e. The molecule has 3 aliphatic heterocycles. The number of esters is 1. The Labute approximate surface area is 417 Å². The SMILES string of the molecule is CC[C@@H]1/C=C(\C)C[C@H](C)C[C@H](OC)[C@H]2O[C@@](O)(C(=O)C(=O)N3CCCC[C@H]3C(=O)O[C@H](/C(C)=C/[C@@H]3CC[C@@H](OP(=O)(OCCC#N)N(C(C)C)C(C)C)[C@H](OC)C3)[C@H](C)C(O)CC1=O)[C@H](C)C[C@@H]2OC. The average molecular weight is 1010 g/mol. The van der Waals surface area contributed by atoms with Gasteiger partial charge in [0, 0.05) is 64.1 Å². The Morgan fingerprint density at radius 2 is 1.60 bits per heavy atom. The fourth-order valence-corrected chi connectivity index (χ4v) is 13.5. The number of nitrogens with zero attached hydrogens (tertiary/aromatic N) is 3. The predicted octanol–water partition coefficient (Wildman–Crippen LogP) is 7.65. The number of Topliss-reactive ketones (excluding diaryl/α,β-unsaturated/α-hetero) is 2. The Bertz CT molecular complexity index is 1910. The number of fused-ring (bicyclic) bond motifs is 3. The van der Waals surface area contributed by atoms with E-state index in [9.17, 15) is 39.2 Å². The fraction of sp³-hybridized carbons (Fsp3) is 0.827. The summed E-state index contributed by atoms with van der Waals surface area (Å²) in [5.74, 6) is -8.01. The standard InChI is InChI=1S/C52H86N3O14P/c1-14-39-25-33(6)24-34(7)26-45(64-12)48-46(65-13)28-36(9)52(61,68-48)49(58)50(59)54-22-16-15-18-40(54)51(60)67-47(37(10)41(56)30-42(39)57)35(8)27-38-19-20-43(44(29-38)63-11)69-70(62,66-23-17-21-53)55(31(2)3)32(4)5/h25,27,31-32,34,36-41,43-48,56,61H,14-20,22-24,26,28-30H2,1-13H3/b33-25+,35-27+/t34-,36+,37+,38-,39+,40-,41?,43+,44+,45-,46-,47+,48+,52+,70?/m0/s1. The highest BCUT2D eigenvalue weighted by atomic mass is 31.2. The number of hydrogen-bond acceptors (Lipinski definition) is 15. The van der Waals surface area contributed by atoms with Gasteiger partial charge in [0.2, 0.25) is 5.79 Å². The second-order valence-corrected chi connectivity index (χ2v) is 22.9. The van der Waals surface area contributed by atoms with Crippen molar-refractivity contribution in [1.29, 1.82) is 5.26 Å². The Morgan fingerprint density at radius 3 is 2.20 bits per heavy atom. The Morgan fingerprint density at radius 1 is 0.957 bits per heavy atom. The predicted molar refractivity (Wildman–Crippen MR) is 263 cm³/mol. The van der Waals surface area contributed by atoms with E-state index in [2.05, 4.69) is 0 Å². The number of carbonyl (C=O) groups is 4. The van der Waals surface area contributed by atoms with Crippen LogP contribution in [0.15, 0.2) is 23.3 Å². The lowest BCUT2D eigenvalue weighted by Crippen LogP contribution is -2.64. The largest absolute Gasteiger partial charge is 0.456 e. The van der Waals surface area contributed by atoms with Crippen LogP contribution in [0.2, 0.25) is 0 Å². The van der Waals surface area contributed by atoms with Gasteiger partial charge in [-0.05, 0) is 123 Å². The van der Waals surface area contributed by atoms with Crippen molar-refractivity contribution in [3.8, 4) is 6.07 Å². The van der Waals surface area contributed by atoms with Crippen molar-refractivity contribution < 1.29 is 66.7 Å². The van der Waals surface area contributed by atoms with Crippen LogP contribution < -0.4 is 0 Å². The second kappa shape index (κ2) is 26.9. The highest BCUT2D eigenvalue weighted by Crippen LogP contribution is 2.57. The van der Waals surface area contributed by atoms with Gasteiger partial charge in [0.15, 0.2) is 0 Å². The van der Waals surface area contributed by atoms with Crippen LogP contribution in [0.5, 0.6) is 0 Å². The Hall–Kier alpha value is -2.88. The zero-order chi connectivity index (χ0) is 52.2. The van der Waals surface area contributed by atoms with Crippen molar-refractivity contribution in [2.75, 3.05) is 34.5 Å². The number of ether oxygens (including phenoxy) is 5. The van der Waals surface area contributed by atoms with Crippen LogP contribution in [0.4, 0.5) is 0 Å².